The largest absolute Gasteiger partial charge is 0.303 e. The van der Waals surface area contributed by atoms with E-state index in [9.17, 15) is 0 Å². The van der Waals surface area contributed by atoms with Crippen LogP contribution in [0.2, 0.25) is 0 Å². The molecular formula is C30H22N2. The van der Waals surface area contributed by atoms with Gasteiger partial charge in [0.25, 0.3) is 0 Å². The van der Waals surface area contributed by atoms with E-state index in [1.54, 1.807) is 0 Å². The van der Waals surface area contributed by atoms with Crippen molar-refractivity contribution in [3.63, 3.8) is 0 Å². The molecular weight excluding hydrogens is 388 g/mol. The minimum absolute atomic E-state index is 1.10. The zero-order chi connectivity index (χ0) is 21.3. The lowest BCUT2D eigenvalue weighted by Gasteiger charge is -2.28. The first-order valence-corrected chi connectivity index (χ1v) is 10.9. The Morgan fingerprint density at radius 3 is 1.91 bits per heavy atom. The maximum Gasteiger partial charge on any atom is 0.122 e. The Labute approximate surface area is 187 Å². The van der Waals surface area contributed by atoms with Gasteiger partial charge >= 0.3 is 0 Å². The van der Waals surface area contributed by atoms with Crippen molar-refractivity contribution in [2.45, 2.75) is 0 Å². The van der Waals surface area contributed by atoms with Crippen LogP contribution in [0.15, 0.2) is 134 Å². The molecule has 0 N–H and O–H groups in total. The summed E-state index contributed by atoms with van der Waals surface area (Å²) >= 11 is 0. The van der Waals surface area contributed by atoms with E-state index in [4.69, 9.17) is 0 Å². The van der Waals surface area contributed by atoms with Crippen LogP contribution < -0.4 is 4.90 Å². The average Bonchev–Trinajstić information content (AvgIpc) is 3.35. The van der Waals surface area contributed by atoms with Crippen LogP contribution in [-0.4, -0.2) is 4.57 Å². The molecule has 0 unspecified atom stereocenters. The molecule has 2 nitrogen and oxygen atoms in total. The second kappa shape index (κ2) is 7.75. The van der Waals surface area contributed by atoms with Crippen LogP contribution in [0.5, 0.6) is 0 Å². The maximum atomic E-state index is 2.36. The molecule has 0 bridgehead atoms. The highest BCUT2D eigenvalue weighted by atomic mass is 15.2. The van der Waals surface area contributed by atoms with Gasteiger partial charge in [-0.2, -0.15) is 0 Å². The zero-order valence-corrected chi connectivity index (χ0v) is 17.6. The smallest absolute Gasteiger partial charge is 0.122 e. The summed E-state index contributed by atoms with van der Waals surface area (Å²) in [4.78, 5) is 2.36. The van der Waals surface area contributed by atoms with Crippen molar-refractivity contribution in [2.75, 3.05) is 4.90 Å². The number of anilines is 3. The van der Waals surface area contributed by atoms with Gasteiger partial charge in [-0.15, -0.1) is 0 Å². The van der Waals surface area contributed by atoms with E-state index < -0.39 is 0 Å². The molecule has 0 saturated carbocycles. The molecule has 6 rings (SSSR count). The topological polar surface area (TPSA) is 8.17 Å². The quantitative estimate of drug-likeness (QED) is 0.266. The van der Waals surface area contributed by atoms with E-state index in [1.807, 2.05) is 0 Å². The molecule has 1 heterocycles. The van der Waals surface area contributed by atoms with Crippen LogP contribution >= 0.6 is 0 Å². The normalized spacial score (nSPS) is 11.1. The third-order valence-electron chi connectivity index (χ3n) is 5.99. The second-order valence-corrected chi connectivity index (χ2v) is 7.91. The number of rotatable bonds is 4. The van der Waals surface area contributed by atoms with Gasteiger partial charge in [0.1, 0.15) is 5.82 Å². The fraction of sp³-hybridized carbons (Fsp3) is 0. The van der Waals surface area contributed by atoms with Crippen LogP contribution in [0.25, 0.3) is 27.2 Å². The Morgan fingerprint density at radius 1 is 0.500 bits per heavy atom. The van der Waals surface area contributed by atoms with Crippen molar-refractivity contribution in [1.82, 2.24) is 4.57 Å². The summed E-state index contributed by atoms with van der Waals surface area (Å²) in [7, 11) is 0. The van der Waals surface area contributed by atoms with Crippen molar-refractivity contribution in [2.24, 2.45) is 0 Å². The minimum atomic E-state index is 1.10. The number of hydrogen-bond acceptors (Lipinski definition) is 1. The molecule has 5 aromatic carbocycles. The van der Waals surface area contributed by atoms with Crippen molar-refractivity contribution in [1.29, 1.82) is 0 Å². The third-order valence-corrected chi connectivity index (χ3v) is 5.99. The summed E-state index contributed by atoms with van der Waals surface area (Å²) in [6, 6.07) is 45.1. The molecule has 2 heteroatoms. The van der Waals surface area contributed by atoms with Crippen molar-refractivity contribution in [3.05, 3.63) is 134 Å². The molecule has 0 aliphatic rings. The minimum Gasteiger partial charge on any atom is -0.303 e. The highest BCUT2D eigenvalue weighted by molar-refractivity contribution is 6.14. The van der Waals surface area contributed by atoms with Gasteiger partial charge in [0.05, 0.1) is 5.69 Å². The molecule has 0 radical (unpaired) electrons. The van der Waals surface area contributed by atoms with E-state index in [-0.39, 0.29) is 0 Å². The van der Waals surface area contributed by atoms with Crippen molar-refractivity contribution < 1.29 is 0 Å². The summed E-state index contributed by atoms with van der Waals surface area (Å²) < 4.78 is 2.25. The predicted octanol–water partition coefficient (Wildman–Crippen LogP) is 8.25. The first-order chi connectivity index (χ1) is 15.9. The highest BCUT2D eigenvalue weighted by Gasteiger charge is 2.19. The number of hydrogen-bond donors (Lipinski definition) is 0. The van der Waals surface area contributed by atoms with Gasteiger partial charge in [-0.05, 0) is 58.6 Å². The monoisotopic (exact) mass is 410 g/mol. The Balaban J connectivity index is 1.68. The van der Waals surface area contributed by atoms with Crippen molar-refractivity contribution >= 4 is 38.7 Å². The predicted molar refractivity (Wildman–Crippen MR) is 135 cm³/mol. The first-order valence-electron chi connectivity index (χ1n) is 10.9. The van der Waals surface area contributed by atoms with Crippen LogP contribution in [0.3, 0.4) is 0 Å². The van der Waals surface area contributed by atoms with E-state index in [0.717, 1.165) is 17.2 Å². The number of benzene rings is 5. The zero-order valence-electron chi connectivity index (χ0n) is 17.6. The molecule has 0 atom stereocenters. The second-order valence-electron chi connectivity index (χ2n) is 7.91. The number of aromatic nitrogens is 1. The summed E-state index contributed by atoms with van der Waals surface area (Å²) in [5.41, 5.74) is 3.43. The number of nitrogens with zero attached hydrogens (tertiary/aromatic N) is 2. The van der Waals surface area contributed by atoms with Gasteiger partial charge in [-0.1, -0.05) is 84.9 Å². The summed E-state index contributed by atoms with van der Waals surface area (Å²) in [5, 5.41) is 5.01. The van der Waals surface area contributed by atoms with Gasteiger partial charge < -0.3 is 4.57 Å². The Morgan fingerprint density at radius 2 is 1.12 bits per heavy atom. The lowest BCUT2D eigenvalue weighted by atomic mass is 9.99. The van der Waals surface area contributed by atoms with Crippen LogP contribution in [0.1, 0.15) is 0 Å². The van der Waals surface area contributed by atoms with Crippen LogP contribution in [-0.2, 0) is 0 Å². The van der Waals surface area contributed by atoms with Gasteiger partial charge in [0.15, 0.2) is 0 Å². The maximum absolute atomic E-state index is 2.36. The highest BCUT2D eigenvalue weighted by Crippen LogP contribution is 2.42. The third kappa shape index (κ3) is 3.05. The van der Waals surface area contributed by atoms with E-state index in [2.05, 4.69) is 143 Å². The molecule has 152 valence electrons. The SMILES string of the molecule is c1ccc(N(c2cc3ccccc3c3ccccc23)c2cccn2-c2ccccc2)cc1. The molecule has 6 aromatic rings. The van der Waals surface area contributed by atoms with Gasteiger partial charge in [0.2, 0.25) is 0 Å². The Kier molecular flexibility index (Phi) is 4.47. The Hall–Kier alpha value is -4.30. The molecule has 0 saturated heterocycles. The molecule has 0 fully saturated rings. The fourth-order valence-electron chi connectivity index (χ4n) is 4.55. The molecule has 32 heavy (non-hydrogen) atoms. The standard InChI is InChI=1S/C30H22N2/c1-3-13-24(14-4-1)31-21-11-20-30(31)32(25-15-5-2-6-16-25)29-22-23-12-7-8-17-26(23)27-18-9-10-19-28(27)29/h1-22H. The molecule has 0 aliphatic heterocycles. The summed E-state index contributed by atoms with van der Waals surface area (Å²) in [5.74, 6) is 1.10. The van der Waals surface area contributed by atoms with Crippen LogP contribution in [0, 0.1) is 0 Å². The lowest BCUT2D eigenvalue weighted by molar-refractivity contribution is 1.04. The van der Waals surface area contributed by atoms with Crippen LogP contribution in [0.4, 0.5) is 17.2 Å². The summed E-state index contributed by atoms with van der Waals surface area (Å²) in [6.07, 6.45) is 2.13. The van der Waals surface area contributed by atoms with Gasteiger partial charge in [-0.3, -0.25) is 4.90 Å². The van der Waals surface area contributed by atoms with Gasteiger partial charge in [0, 0.05) is 23.0 Å². The van der Waals surface area contributed by atoms with E-state index in [0.29, 0.717) is 0 Å². The number of para-hydroxylation sites is 2. The average molecular weight is 411 g/mol. The Bertz CT molecular complexity index is 1510. The molecule has 0 amide bonds. The lowest BCUT2D eigenvalue weighted by Crippen LogP contribution is -2.14. The van der Waals surface area contributed by atoms with Gasteiger partial charge in [-0.25, -0.2) is 0 Å². The summed E-state index contributed by atoms with van der Waals surface area (Å²) in [6.45, 7) is 0. The number of fused-ring (bicyclic) bond motifs is 3. The van der Waals surface area contributed by atoms with E-state index in [1.165, 1.54) is 27.2 Å². The molecule has 0 aliphatic carbocycles. The van der Waals surface area contributed by atoms with Crippen molar-refractivity contribution in [3.8, 4) is 5.69 Å². The molecule has 0 spiro atoms. The van der Waals surface area contributed by atoms with E-state index >= 15 is 0 Å². The first kappa shape index (κ1) is 18.5. The molecule has 1 aromatic heterocycles. The fourth-order valence-corrected chi connectivity index (χ4v) is 4.55.